The van der Waals surface area contributed by atoms with E-state index in [-0.39, 0.29) is 11.5 Å². The minimum absolute atomic E-state index is 0.0653. The molecule has 2 rings (SSSR count). The maximum absolute atomic E-state index is 10.9. The van der Waals surface area contributed by atoms with Crippen molar-refractivity contribution in [2.24, 2.45) is 17.1 Å². The molecule has 2 aliphatic rings. The molecule has 0 aromatic rings. The van der Waals surface area contributed by atoms with Gasteiger partial charge in [0.15, 0.2) is 0 Å². The third-order valence-corrected chi connectivity index (χ3v) is 5.06. The smallest absolute Gasteiger partial charge is 0.0995 e. The summed E-state index contributed by atoms with van der Waals surface area (Å²) < 4.78 is 5.57. The molecule has 0 aromatic carbocycles. The van der Waals surface area contributed by atoms with Crippen LogP contribution in [0.3, 0.4) is 0 Å². The van der Waals surface area contributed by atoms with Gasteiger partial charge in [0.25, 0.3) is 0 Å². The average Bonchev–Trinajstić information content (AvgIpc) is 2.62. The third-order valence-electron chi connectivity index (χ3n) is 5.06. The minimum Gasteiger partial charge on any atom is -0.386 e. The van der Waals surface area contributed by atoms with E-state index in [4.69, 9.17) is 10.5 Å². The molecule has 0 spiro atoms. The normalized spacial score (nSPS) is 49.5. The van der Waals surface area contributed by atoms with Crippen molar-refractivity contribution in [1.82, 2.24) is 0 Å². The van der Waals surface area contributed by atoms with Crippen molar-refractivity contribution >= 4 is 0 Å². The predicted octanol–water partition coefficient (Wildman–Crippen LogP) is 1.68. The molecule has 1 aliphatic carbocycles. The Labute approximate surface area is 98.4 Å². The second kappa shape index (κ2) is 4.28. The van der Waals surface area contributed by atoms with Crippen LogP contribution in [0.5, 0.6) is 0 Å². The van der Waals surface area contributed by atoms with Crippen molar-refractivity contribution < 1.29 is 9.84 Å². The van der Waals surface area contributed by atoms with Crippen molar-refractivity contribution in [2.75, 3.05) is 13.2 Å². The van der Waals surface area contributed by atoms with E-state index in [0.29, 0.717) is 13.2 Å². The molecule has 0 aromatic heterocycles. The molecule has 16 heavy (non-hydrogen) atoms. The maximum atomic E-state index is 10.9. The van der Waals surface area contributed by atoms with E-state index in [1.54, 1.807) is 0 Å². The lowest BCUT2D eigenvalue weighted by molar-refractivity contribution is -0.135. The summed E-state index contributed by atoms with van der Waals surface area (Å²) in [5.74, 6) is 0.779. The van der Waals surface area contributed by atoms with Gasteiger partial charge in [-0.2, -0.15) is 0 Å². The quantitative estimate of drug-likeness (QED) is 0.754. The lowest BCUT2D eigenvalue weighted by atomic mass is 9.59. The molecule has 0 radical (unpaired) electrons. The molecule has 1 aliphatic heterocycles. The standard InChI is InChI=1S/C13H25NO2/c1-10-3-5-12(9-14,6-4-10)13(15)7-8-16-11(13)2/h10-11,15H,3-9,14H2,1-2H3. The largest absolute Gasteiger partial charge is 0.386 e. The number of nitrogens with two attached hydrogens (primary N) is 1. The van der Waals surface area contributed by atoms with Gasteiger partial charge in [-0.25, -0.2) is 0 Å². The first-order valence-corrected chi connectivity index (χ1v) is 6.58. The Balaban J connectivity index is 2.20. The molecule has 1 saturated carbocycles. The van der Waals surface area contributed by atoms with E-state index in [9.17, 15) is 5.11 Å². The summed E-state index contributed by atoms with van der Waals surface area (Å²) in [6.45, 7) is 5.54. The number of aliphatic hydroxyl groups is 1. The molecule has 2 unspecified atom stereocenters. The summed E-state index contributed by atoms with van der Waals surface area (Å²) in [5, 5.41) is 10.9. The molecule has 1 saturated heterocycles. The SMILES string of the molecule is CC1CCC(CN)(C2(O)CCOC2C)CC1. The van der Waals surface area contributed by atoms with Gasteiger partial charge in [-0.3, -0.25) is 0 Å². The van der Waals surface area contributed by atoms with E-state index in [2.05, 4.69) is 6.92 Å². The van der Waals surface area contributed by atoms with Crippen LogP contribution < -0.4 is 5.73 Å². The summed E-state index contributed by atoms with van der Waals surface area (Å²) >= 11 is 0. The van der Waals surface area contributed by atoms with E-state index in [1.807, 2.05) is 6.92 Å². The first kappa shape index (κ1) is 12.3. The van der Waals surface area contributed by atoms with Crippen LogP contribution in [0, 0.1) is 11.3 Å². The van der Waals surface area contributed by atoms with Crippen molar-refractivity contribution in [3.63, 3.8) is 0 Å². The summed E-state index contributed by atoms with van der Waals surface area (Å²) in [5.41, 5.74) is 5.20. The summed E-state index contributed by atoms with van der Waals surface area (Å²) in [4.78, 5) is 0. The highest BCUT2D eigenvalue weighted by Gasteiger charge is 2.55. The number of ether oxygens (including phenoxy) is 1. The fourth-order valence-corrected chi connectivity index (χ4v) is 3.56. The molecule has 3 nitrogen and oxygen atoms in total. The molecular weight excluding hydrogens is 202 g/mol. The monoisotopic (exact) mass is 227 g/mol. The van der Waals surface area contributed by atoms with E-state index in [1.165, 1.54) is 12.8 Å². The topological polar surface area (TPSA) is 55.5 Å². The Morgan fingerprint density at radius 2 is 1.88 bits per heavy atom. The van der Waals surface area contributed by atoms with Crippen molar-refractivity contribution in [2.45, 2.75) is 57.7 Å². The van der Waals surface area contributed by atoms with Crippen molar-refractivity contribution in [3.05, 3.63) is 0 Å². The highest BCUT2D eigenvalue weighted by atomic mass is 16.5. The van der Waals surface area contributed by atoms with E-state index >= 15 is 0 Å². The van der Waals surface area contributed by atoms with Crippen molar-refractivity contribution in [1.29, 1.82) is 0 Å². The van der Waals surface area contributed by atoms with Gasteiger partial charge in [0.2, 0.25) is 0 Å². The van der Waals surface area contributed by atoms with Crippen molar-refractivity contribution in [3.8, 4) is 0 Å². The molecule has 2 fully saturated rings. The number of hydrogen-bond donors (Lipinski definition) is 2. The van der Waals surface area contributed by atoms with Gasteiger partial charge in [-0.1, -0.05) is 19.8 Å². The zero-order valence-corrected chi connectivity index (χ0v) is 10.5. The van der Waals surface area contributed by atoms with Crippen LogP contribution in [0.25, 0.3) is 0 Å². The van der Waals surface area contributed by atoms with Crippen LogP contribution in [0.15, 0.2) is 0 Å². The van der Waals surface area contributed by atoms with Crippen LogP contribution in [0.2, 0.25) is 0 Å². The lowest BCUT2D eigenvalue weighted by Crippen LogP contribution is -2.57. The second-order valence-corrected chi connectivity index (χ2v) is 5.85. The molecule has 2 atom stereocenters. The Morgan fingerprint density at radius 1 is 1.25 bits per heavy atom. The van der Waals surface area contributed by atoms with Gasteiger partial charge in [0, 0.05) is 25.0 Å². The van der Waals surface area contributed by atoms with Gasteiger partial charge in [0.05, 0.1) is 11.7 Å². The zero-order valence-electron chi connectivity index (χ0n) is 10.5. The molecule has 1 heterocycles. The molecule has 94 valence electrons. The van der Waals surface area contributed by atoms with Gasteiger partial charge < -0.3 is 15.6 Å². The molecule has 0 bridgehead atoms. The van der Waals surface area contributed by atoms with Crippen LogP contribution >= 0.6 is 0 Å². The van der Waals surface area contributed by atoms with E-state index in [0.717, 1.165) is 25.2 Å². The summed E-state index contributed by atoms with van der Waals surface area (Å²) in [6, 6.07) is 0. The fourth-order valence-electron chi connectivity index (χ4n) is 3.56. The third kappa shape index (κ3) is 1.69. The lowest BCUT2D eigenvalue weighted by Gasteiger charge is -2.49. The highest BCUT2D eigenvalue weighted by Crippen LogP contribution is 2.51. The highest BCUT2D eigenvalue weighted by molar-refractivity contribution is 5.06. The molecular formula is C13H25NO2. The molecule has 3 N–H and O–H groups in total. The van der Waals surface area contributed by atoms with Gasteiger partial charge in [-0.15, -0.1) is 0 Å². The minimum atomic E-state index is -0.693. The molecule has 3 heteroatoms. The van der Waals surface area contributed by atoms with Gasteiger partial charge >= 0.3 is 0 Å². The summed E-state index contributed by atoms with van der Waals surface area (Å²) in [7, 11) is 0. The van der Waals surface area contributed by atoms with Crippen LogP contribution in [0.1, 0.15) is 46.0 Å². The van der Waals surface area contributed by atoms with Crippen LogP contribution in [-0.2, 0) is 4.74 Å². The average molecular weight is 227 g/mol. The Morgan fingerprint density at radius 3 is 2.31 bits per heavy atom. The first-order chi connectivity index (χ1) is 7.54. The fraction of sp³-hybridized carbons (Fsp3) is 1.00. The first-order valence-electron chi connectivity index (χ1n) is 6.58. The maximum Gasteiger partial charge on any atom is 0.0995 e. The zero-order chi connectivity index (χ0) is 11.8. The Kier molecular flexibility index (Phi) is 3.30. The van der Waals surface area contributed by atoms with Gasteiger partial charge in [-0.05, 0) is 25.7 Å². The second-order valence-electron chi connectivity index (χ2n) is 5.85. The predicted molar refractivity (Wildman–Crippen MR) is 64.1 cm³/mol. The van der Waals surface area contributed by atoms with Crippen LogP contribution in [-0.4, -0.2) is 30.0 Å². The van der Waals surface area contributed by atoms with E-state index < -0.39 is 5.60 Å². The number of hydrogen-bond acceptors (Lipinski definition) is 3. The number of rotatable bonds is 2. The Bertz CT molecular complexity index is 248. The Hall–Kier alpha value is -0.120. The van der Waals surface area contributed by atoms with Crippen LogP contribution in [0.4, 0.5) is 0 Å². The summed E-state index contributed by atoms with van der Waals surface area (Å²) in [6.07, 6.45) is 5.16. The van der Waals surface area contributed by atoms with Gasteiger partial charge in [0.1, 0.15) is 0 Å². The molecule has 0 amide bonds.